The predicted molar refractivity (Wildman–Crippen MR) is 109 cm³/mol. The van der Waals surface area contributed by atoms with E-state index in [9.17, 15) is 9.18 Å². The van der Waals surface area contributed by atoms with Gasteiger partial charge in [-0.1, -0.05) is 12.1 Å². The fourth-order valence-electron chi connectivity index (χ4n) is 3.20. The molecule has 0 fully saturated rings. The lowest BCUT2D eigenvalue weighted by Gasteiger charge is -2.09. The lowest BCUT2D eigenvalue weighted by molar-refractivity contribution is -0.116. The van der Waals surface area contributed by atoms with E-state index in [1.54, 1.807) is 42.9 Å². The maximum absolute atomic E-state index is 13.2. The lowest BCUT2D eigenvalue weighted by atomic mass is 10.2. The second-order valence-electron chi connectivity index (χ2n) is 6.73. The van der Waals surface area contributed by atoms with Crippen molar-refractivity contribution in [3.05, 3.63) is 84.3 Å². The van der Waals surface area contributed by atoms with E-state index in [1.807, 2.05) is 16.7 Å². The van der Waals surface area contributed by atoms with Gasteiger partial charge in [0.1, 0.15) is 17.2 Å². The van der Waals surface area contributed by atoms with Crippen molar-refractivity contribution in [3.8, 4) is 0 Å². The van der Waals surface area contributed by atoms with Gasteiger partial charge in [0.25, 0.3) is 0 Å². The van der Waals surface area contributed by atoms with Crippen LogP contribution in [-0.2, 0) is 17.8 Å². The number of aromatic nitrogens is 4. The van der Waals surface area contributed by atoms with Gasteiger partial charge in [0, 0.05) is 25.2 Å². The summed E-state index contributed by atoms with van der Waals surface area (Å²) in [6.07, 6.45) is 6.68. The topological polar surface area (TPSA) is 72.7 Å². The summed E-state index contributed by atoms with van der Waals surface area (Å²) in [6.45, 7) is 0.547. The summed E-state index contributed by atoms with van der Waals surface area (Å²) in [7, 11) is 0. The summed E-state index contributed by atoms with van der Waals surface area (Å²) in [4.78, 5) is 25.3. The third-order valence-corrected chi connectivity index (χ3v) is 4.59. The van der Waals surface area contributed by atoms with Gasteiger partial charge in [-0.3, -0.25) is 9.78 Å². The van der Waals surface area contributed by atoms with Gasteiger partial charge in [0.05, 0.1) is 18.4 Å². The highest BCUT2D eigenvalue weighted by Gasteiger charge is 2.13. The SMILES string of the molecule is O=C(CCCc1nc2cccnc2n1Cc1ccc(F)cc1)Nc1cccnc1. The molecule has 0 aliphatic carbocycles. The number of halogens is 1. The number of pyridine rings is 2. The minimum absolute atomic E-state index is 0.0580. The van der Waals surface area contributed by atoms with Crippen LogP contribution in [0.2, 0.25) is 0 Å². The number of hydrogen-bond acceptors (Lipinski definition) is 4. The molecule has 3 heterocycles. The summed E-state index contributed by atoms with van der Waals surface area (Å²) in [6, 6.07) is 13.8. The van der Waals surface area contributed by atoms with Crippen molar-refractivity contribution in [1.29, 1.82) is 0 Å². The molecule has 0 bridgehead atoms. The van der Waals surface area contributed by atoms with E-state index < -0.39 is 0 Å². The van der Waals surface area contributed by atoms with Crippen molar-refractivity contribution < 1.29 is 9.18 Å². The van der Waals surface area contributed by atoms with Gasteiger partial charge in [0.15, 0.2) is 5.65 Å². The molecule has 0 saturated heterocycles. The number of rotatable bonds is 7. The van der Waals surface area contributed by atoms with Gasteiger partial charge >= 0.3 is 0 Å². The maximum Gasteiger partial charge on any atom is 0.224 e. The monoisotopic (exact) mass is 389 g/mol. The third-order valence-electron chi connectivity index (χ3n) is 4.59. The maximum atomic E-state index is 13.2. The van der Waals surface area contributed by atoms with Crippen LogP contribution in [0.4, 0.5) is 10.1 Å². The zero-order valence-corrected chi connectivity index (χ0v) is 15.8. The second-order valence-corrected chi connectivity index (χ2v) is 6.73. The Balaban J connectivity index is 1.46. The highest BCUT2D eigenvalue weighted by atomic mass is 19.1. The van der Waals surface area contributed by atoms with Gasteiger partial charge in [-0.25, -0.2) is 14.4 Å². The molecule has 0 aliphatic rings. The highest BCUT2D eigenvalue weighted by Crippen LogP contribution is 2.18. The number of benzene rings is 1. The first-order valence-corrected chi connectivity index (χ1v) is 9.43. The number of hydrogen-bond donors (Lipinski definition) is 1. The van der Waals surface area contributed by atoms with E-state index in [2.05, 4.69) is 15.3 Å². The number of nitrogens with zero attached hydrogens (tertiary/aromatic N) is 4. The van der Waals surface area contributed by atoms with E-state index in [0.29, 0.717) is 31.5 Å². The molecule has 0 aliphatic heterocycles. The summed E-state index contributed by atoms with van der Waals surface area (Å²) >= 11 is 0. The number of imidazole rings is 1. The van der Waals surface area contributed by atoms with Crippen LogP contribution < -0.4 is 5.32 Å². The summed E-state index contributed by atoms with van der Waals surface area (Å²) in [5.74, 6) is 0.539. The first-order valence-electron chi connectivity index (χ1n) is 9.43. The van der Waals surface area contributed by atoms with E-state index in [-0.39, 0.29) is 11.7 Å². The van der Waals surface area contributed by atoms with Gasteiger partial charge in [-0.15, -0.1) is 0 Å². The Bertz CT molecular complexity index is 1110. The average molecular weight is 389 g/mol. The van der Waals surface area contributed by atoms with Gasteiger partial charge in [-0.05, 0) is 48.4 Å². The lowest BCUT2D eigenvalue weighted by Crippen LogP contribution is -2.12. The molecular formula is C22H20FN5O. The Kier molecular flexibility index (Phi) is 5.56. The van der Waals surface area contributed by atoms with Crippen LogP contribution in [0.15, 0.2) is 67.1 Å². The van der Waals surface area contributed by atoms with E-state index >= 15 is 0 Å². The zero-order valence-electron chi connectivity index (χ0n) is 15.8. The van der Waals surface area contributed by atoms with Crippen LogP contribution in [0, 0.1) is 5.82 Å². The number of carbonyl (C=O) groups excluding carboxylic acids is 1. The standard InChI is InChI=1S/C22H20FN5O/c23-17-10-8-16(9-11-17)15-28-20(27-19-5-3-13-25-22(19)28)6-1-7-21(29)26-18-4-2-12-24-14-18/h2-5,8-14H,1,6-7,15H2,(H,26,29). The number of aryl methyl sites for hydroxylation is 1. The minimum Gasteiger partial charge on any atom is -0.325 e. The van der Waals surface area contributed by atoms with Crippen molar-refractivity contribution in [2.45, 2.75) is 25.8 Å². The Labute approximate surface area is 167 Å². The zero-order chi connectivity index (χ0) is 20.1. The third kappa shape index (κ3) is 4.63. The molecule has 0 radical (unpaired) electrons. The normalized spacial score (nSPS) is 10.9. The number of carbonyl (C=O) groups is 1. The largest absolute Gasteiger partial charge is 0.325 e. The molecule has 1 amide bonds. The molecule has 146 valence electrons. The van der Waals surface area contributed by atoms with Crippen LogP contribution in [0.5, 0.6) is 0 Å². The molecular weight excluding hydrogens is 369 g/mol. The van der Waals surface area contributed by atoms with Crippen LogP contribution in [0.3, 0.4) is 0 Å². The molecule has 7 heteroatoms. The van der Waals surface area contributed by atoms with Crippen LogP contribution >= 0.6 is 0 Å². The number of amides is 1. The molecule has 0 atom stereocenters. The highest BCUT2D eigenvalue weighted by molar-refractivity contribution is 5.90. The van der Waals surface area contributed by atoms with E-state index in [1.165, 1.54) is 12.1 Å². The molecule has 4 rings (SSSR count). The van der Waals surface area contributed by atoms with Crippen molar-refractivity contribution in [2.24, 2.45) is 0 Å². The van der Waals surface area contributed by atoms with Crippen LogP contribution in [0.1, 0.15) is 24.2 Å². The van der Waals surface area contributed by atoms with Gasteiger partial charge in [-0.2, -0.15) is 0 Å². The van der Waals surface area contributed by atoms with Crippen molar-refractivity contribution in [1.82, 2.24) is 19.5 Å². The molecule has 29 heavy (non-hydrogen) atoms. The molecule has 1 aromatic carbocycles. The van der Waals surface area contributed by atoms with Crippen molar-refractivity contribution >= 4 is 22.8 Å². The fraction of sp³-hybridized carbons (Fsp3) is 0.182. The van der Waals surface area contributed by atoms with Gasteiger partial charge < -0.3 is 9.88 Å². The molecule has 4 aromatic rings. The second kappa shape index (κ2) is 8.60. The average Bonchev–Trinajstić information content (AvgIpc) is 3.08. The minimum atomic E-state index is -0.262. The fourth-order valence-corrected chi connectivity index (χ4v) is 3.20. The summed E-state index contributed by atoms with van der Waals surface area (Å²) in [5, 5.41) is 2.84. The smallest absolute Gasteiger partial charge is 0.224 e. The first kappa shape index (κ1) is 18.7. The van der Waals surface area contributed by atoms with E-state index in [4.69, 9.17) is 4.98 Å². The summed E-state index contributed by atoms with van der Waals surface area (Å²) < 4.78 is 15.3. The Hall–Kier alpha value is -3.61. The quantitative estimate of drug-likeness (QED) is 0.519. The number of anilines is 1. The predicted octanol–water partition coefficient (Wildman–Crippen LogP) is 3.98. The van der Waals surface area contributed by atoms with Crippen LogP contribution in [0.25, 0.3) is 11.2 Å². The molecule has 0 unspecified atom stereocenters. The molecule has 3 aromatic heterocycles. The number of fused-ring (bicyclic) bond motifs is 1. The Morgan fingerprint density at radius 3 is 2.69 bits per heavy atom. The number of nitrogens with one attached hydrogen (secondary N) is 1. The van der Waals surface area contributed by atoms with Crippen LogP contribution in [-0.4, -0.2) is 25.4 Å². The molecule has 6 nitrogen and oxygen atoms in total. The Morgan fingerprint density at radius 2 is 1.90 bits per heavy atom. The summed E-state index contributed by atoms with van der Waals surface area (Å²) in [5.41, 5.74) is 3.24. The van der Waals surface area contributed by atoms with Crippen molar-refractivity contribution in [2.75, 3.05) is 5.32 Å². The first-order chi connectivity index (χ1) is 14.2. The molecule has 0 spiro atoms. The Morgan fingerprint density at radius 1 is 1.07 bits per heavy atom. The van der Waals surface area contributed by atoms with Gasteiger partial charge in [0.2, 0.25) is 5.91 Å². The molecule has 0 saturated carbocycles. The van der Waals surface area contributed by atoms with E-state index in [0.717, 1.165) is 22.6 Å². The van der Waals surface area contributed by atoms with Crippen molar-refractivity contribution in [3.63, 3.8) is 0 Å². The molecule has 1 N–H and O–H groups in total.